The maximum Gasteiger partial charge on any atom is 0.224 e. The first kappa shape index (κ1) is 15.8. The Morgan fingerprint density at radius 1 is 1.16 bits per heavy atom. The minimum atomic E-state index is -2.82. The lowest BCUT2D eigenvalue weighted by Crippen LogP contribution is -2.29. The van der Waals surface area contributed by atoms with Gasteiger partial charge in [-0.25, -0.2) is 23.1 Å². The summed E-state index contributed by atoms with van der Waals surface area (Å²) in [6.07, 6.45) is -5.72. The van der Waals surface area contributed by atoms with Gasteiger partial charge in [0.15, 0.2) is 17.3 Å². The molecule has 5 rings (SSSR count). The number of hydrogen-bond donors (Lipinski definition) is 3. The average Bonchev–Trinajstić information content (AvgIpc) is 3.46. The number of anilines is 3. The summed E-state index contributed by atoms with van der Waals surface area (Å²) < 4.78 is 90.3. The highest BCUT2D eigenvalue weighted by Crippen LogP contribution is 2.32. The summed E-state index contributed by atoms with van der Waals surface area (Å²) in [6, 6.07) is -1.51. The van der Waals surface area contributed by atoms with Gasteiger partial charge in [0, 0.05) is 30.2 Å². The molecule has 0 amide bonds. The van der Waals surface area contributed by atoms with Crippen molar-refractivity contribution in [3.63, 3.8) is 0 Å². The fourth-order valence-electron chi connectivity index (χ4n) is 3.70. The molecule has 3 unspecified atom stereocenters. The summed E-state index contributed by atoms with van der Waals surface area (Å²) in [5.41, 5.74) is -0.231. The number of benzene rings is 1. The molecule has 8 nitrogen and oxygen atoms in total. The van der Waals surface area contributed by atoms with Crippen molar-refractivity contribution >= 4 is 28.7 Å². The van der Waals surface area contributed by atoms with Crippen molar-refractivity contribution in [2.75, 3.05) is 23.8 Å². The Morgan fingerprint density at radius 2 is 1.97 bits per heavy atom. The minimum absolute atomic E-state index is 0.0191. The molecule has 2 aliphatic rings. The van der Waals surface area contributed by atoms with Gasteiger partial charge in [-0.05, 0) is 32.0 Å². The van der Waals surface area contributed by atoms with Crippen LogP contribution in [0.25, 0.3) is 11.2 Å². The van der Waals surface area contributed by atoms with Gasteiger partial charge in [-0.3, -0.25) is 4.57 Å². The molecule has 1 saturated carbocycles. The maximum absolute atomic E-state index is 14.3. The number of nitrogens with zero attached hydrogens (tertiary/aromatic N) is 4. The van der Waals surface area contributed by atoms with Crippen LogP contribution in [0.1, 0.15) is 44.9 Å². The zero-order valence-corrected chi connectivity index (χ0v) is 16.7. The lowest BCUT2D eigenvalue weighted by molar-refractivity contribution is 0.126. The van der Waals surface area contributed by atoms with Crippen LogP contribution in [-0.4, -0.2) is 50.0 Å². The molecule has 3 atom stereocenters. The number of aliphatic hydroxyl groups excluding tert-OH is 1. The van der Waals surface area contributed by atoms with Gasteiger partial charge >= 0.3 is 0 Å². The number of aliphatic hydroxyl groups is 1. The van der Waals surface area contributed by atoms with E-state index in [9.17, 15) is 18.3 Å². The molecule has 32 heavy (non-hydrogen) atoms. The number of nitrogens with one attached hydrogen (secondary N) is 2. The second kappa shape index (κ2) is 8.55. The summed E-state index contributed by atoms with van der Waals surface area (Å²) in [5, 5.41) is 15.1. The van der Waals surface area contributed by atoms with Crippen LogP contribution < -0.4 is 10.6 Å². The Labute approximate surface area is 188 Å². The molecule has 1 aromatic carbocycles. The number of rotatable bonds is 5. The minimum Gasteiger partial charge on any atom is -0.393 e. The van der Waals surface area contributed by atoms with E-state index < -0.39 is 48.0 Å². The standard InChI is InChI=1S/C21H23F3N6O2/c22-11-7-15(23)18(16(24)8-11)28-21-27-17-9-25-20(26-12-1-3-14(31)4-2-12)29-19(17)30(21)13-5-6-32-10-13/h7-9,12-14,31H,1-6,10H2,(H,27,28)(H,25,26,29)/i1D2,3D2,12D. The van der Waals surface area contributed by atoms with E-state index in [2.05, 4.69) is 25.6 Å². The van der Waals surface area contributed by atoms with Crippen LogP contribution >= 0.6 is 0 Å². The first-order valence-corrected chi connectivity index (χ1v) is 10.0. The van der Waals surface area contributed by atoms with Crippen LogP contribution in [0, 0.1) is 17.5 Å². The topological polar surface area (TPSA) is 97.1 Å². The Morgan fingerprint density at radius 3 is 2.72 bits per heavy atom. The van der Waals surface area contributed by atoms with Crippen molar-refractivity contribution < 1.29 is 29.9 Å². The summed E-state index contributed by atoms with van der Waals surface area (Å²) in [4.78, 5) is 12.8. The quantitative estimate of drug-likeness (QED) is 0.542. The predicted molar refractivity (Wildman–Crippen MR) is 111 cm³/mol. The van der Waals surface area contributed by atoms with Gasteiger partial charge < -0.3 is 20.5 Å². The monoisotopic (exact) mass is 453 g/mol. The van der Waals surface area contributed by atoms with E-state index in [1.54, 1.807) is 0 Å². The SMILES string of the molecule is [2H]C1(Nc2ncc3nc(Nc4c(F)cc(F)cc4F)n(C4CCOC4)c3n2)CCC(O)C([2H])([2H])C1([2H])[2H]. The van der Waals surface area contributed by atoms with Gasteiger partial charge in [-0.1, -0.05) is 0 Å². The van der Waals surface area contributed by atoms with E-state index in [1.807, 2.05) is 0 Å². The van der Waals surface area contributed by atoms with Gasteiger partial charge in [0.1, 0.15) is 17.0 Å². The Kier molecular flexibility index (Phi) is 4.22. The van der Waals surface area contributed by atoms with E-state index >= 15 is 0 Å². The predicted octanol–water partition coefficient (Wildman–Crippen LogP) is 3.66. The lowest BCUT2D eigenvalue weighted by Gasteiger charge is -2.26. The number of fused-ring (bicyclic) bond motifs is 1. The molecule has 3 heterocycles. The smallest absolute Gasteiger partial charge is 0.224 e. The summed E-state index contributed by atoms with van der Waals surface area (Å²) in [7, 11) is 0. The molecular formula is C21H23F3N6O2. The molecular weight excluding hydrogens is 425 g/mol. The Balaban J connectivity index is 1.56. The van der Waals surface area contributed by atoms with Gasteiger partial charge in [0.05, 0.1) is 26.3 Å². The third kappa shape index (κ3) is 4.09. The van der Waals surface area contributed by atoms with Crippen LogP contribution in [0.15, 0.2) is 18.3 Å². The summed E-state index contributed by atoms with van der Waals surface area (Å²) in [5.74, 6) is -3.64. The van der Waals surface area contributed by atoms with Crippen molar-refractivity contribution in [2.24, 2.45) is 0 Å². The summed E-state index contributed by atoms with van der Waals surface area (Å²) in [6.45, 7) is 0.650. The molecule has 0 spiro atoms. The van der Waals surface area contributed by atoms with E-state index in [0.717, 1.165) is 0 Å². The highest BCUT2D eigenvalue weighted by atomic mass is 19.1. The molecule has 3 N–H and O–H groups in total. The number of hydrogen-bond acceptors (Lipinski definition) is 7. The first-order chi connectivity index (χ1) is 17.3. The molecule has 2 fully saturated rings. The second-order valence-electron chi connectivity index (χ2n) is 7.52. The van der Waals surface area contributed by atoms with E-state index in [0.29, 0.717) is 25.2 Å². The fourth-order valence-corrected chi connectivity index (χ4v) is 3.70. The highest BCUT2D eigenvalue weighted by Gasteiger charge is 2.27. The van der Waals surface area contributed by atoms with Gasteiger partial charge in [0.2, 0.25) is 11.9 Å². The molecule has 0 radical (unpaired) electrons. The third-order valence-corrected chi connectivity index (χ3v) is 5.27. The van der Waals surface area contributed by atoms with Crippen LogP contribution in [-0.2, 0) is 4.74 Å². The summed E-state index contributed by atoms with van der Waals surface area (Å²) >= 11 is 0. The Bertz CT molecular complexity index is 1330. The molecule has 1 aliphatic heterocycles. The molecule has 1 aliphatic carbocycles. The molecule has 0 bridgehead atoms. The van der Waals surface area contributed by atoms with Crippen LogP contribution in [0.4, 0.5) is 30.8 Å². The zero-order valence-electron chi connectivity index (χ0n) is 21.7. The largest absolute Gasteiger partial charge is 0.393 e. The Hall–Kier alpha value is -2.92. The normalized spacial score (nSPS) is 31.3. The number of aromatic nitrogens is 4. The van der Waals surface area contributed by atoms with Crippen molar-refractivity contribution in [2.45, 2.75) is 50.2 Å². The third-order valence-electron chi connectivity index (χ3n) is 5.27. The fraction of sp³-hybridized carbons (Fsp3) is 0.476. The molecule has 170 valence electrons. The van der Waals surface area contributed by atoms with E-state index in [4.69, 9.17) is 11.6 Å². The maximum atomic E-state index is 14.3. The van der Waals surface area contributed by atoms with Crippen molar-refractivity contribution in [3.05, 3.63) is 35.8 Å². The zero-order chi connectivity index (χ0) is 26.8. The van der Waals surface area contributed by atoms with Crippen LogP contribution in [0.2, 0.25) is 0 Å². The molecule has 2 aromatic heterocycles. The van der Waals surface area contributed by atoms with Crippen molar-refractivity contribution in [3.8, 4) is 0 Å². The lowest BCUT2D eigenvalue weighted by atomic mass is 9.93. The number of imidazole rings is 1. The number of halogens is 3. The van der Waals surface area contributed by atoms with Gasteiger partial charge in [0.25, 0.3) is 0 Å². The molecule has 3 aromatic rings. The molecule has 11 heteroatoms. The second-order valence-corrected chi connectivity index (χ2v) is 7.52. The van der Waals surface area contributed by atoms with E-state index in [-0.39, 0.29) is 48.6 Å². The highest BCUT2D eigenvalue weighted by molar-refractivity contribution is 5.76. The van der Waals surface area contributed by atoms with Gasteiger partial charge in [-0.2, -0.15) is 4.98 Å². The average molecular weight is 453 g/mol. The van der Waals surface area contributed by atoms with Crippen LogP contribution in [0.3, 0.4) is 0 Å². The molecule has 1 saturated heterocycles. The van der Waals surface area contributed by atoms with Crippen LogP contribution in [0.5, 0.6) is 0 Å². The number of ether oxygens (including phenoxy) is 1. The first-order valence-electron chi connectivity index (χ1n) is 12.5. The van der Waals surface area contributed by atoms with Crippen molar-refractivity contribution in [1.82, 2.24) is 19.5 Å². The van der Waals surface area contributed by atoms with Crippen molar-refractivity contribution in [1.29, 1.82) is 0 Å². The van der Waals surface area contributed by atoms with E-state index in [1.165, 1.54) is 10.8 Å². The van der Waals surface area contributed by atoms with Gasteiger partial charge in [-0.15, -0.1) is 0 Å².